The number of anilines is 1. The molecule has 0 N–H and O–H groups in total. The van der Waals surface area contributed by atoms with Gasteiger partial charge in [-0.15, -0.1) is 0 Å². The second-order valence-electron chi connectivity index (χ2n) is 5.14. The van der Waals surface area contributed by atoms with E-state index in [9.17, 15) is 10.1 Å². The number of nitriles is 1. The SMILES string of the molecule is Cn1c(N2CCCCC2)nc(-c2ccco2)c(C#N)c1=O. The fourth-order valence-electron chi connectivity index (χ4n) is 2.66. The molecule has 0 aromatic carbocycles. The van der Waals surface area contributed by atoms with Crippen LogP contribution in [0.3, 0.4) is 0 Å². The molecule has 6 heteroatoms. The van der Waals surface area contributed by atoms with Crippen LogP contribution in [0.4, 0.5) is 5.95 Å². The number of furan rings is 1. The Bertz CT molecular complexity index is 734. The molecule has 0 unspecified atom stereocenters. The number of aromatic nitrogens is 2. The van der Waals surface area contributed by atoms with Gasteiger partial charge < -0.3 is 9.32 Å². The predicted octanol–water partition coefficient (Wildman–Crippen LogP) is 1.90. The molecular weight excluding hydrogens is 268 g/mol. The van der Waals surface area contributed by atoms with Crippen molar-refractivity contribution in [2.45, 2.75) is 19.3 Å². The van der Waals surface area contributed by atoms with Crippen molar-refractivity contribution in [1.29, 1.82) is 5.26 Å². The minimum absolute atomic E-state index is 0.0215. The standard InChI is InChI=1S/C15H16N4O2/c1-18-14(20)11(10-16)13(12-6-5-9-21-12)17-15(18)19-7-3-2-4-8-19/h5-6,9H,2-4,7-8H2,1H3. The Hall–Kier alpha value is -2.55. The van der Waals surface area contributed by atoms with Crippen LogP contribution in [0.15, 0.2) is 27.6 Å². The summed E-state index contributed by atoms with van der Waals surface area (Å²) in [5.41, 5.74) is 0.0128. The molecule has 0 radical (unpaired) electrons. The van der Waals surface area contributed by atoms with E-state index in [0.717, 1.165) is 25.9 Å². The first kappa shape index (κ1) is 13.4. The number of rotatable bonds is 2. The highest BCUT2D eigenvalue weighted by molar-refractivity contribution is 5.62. The third-order valence-electron chi connectivity index (χ3n) is 3.77. The van der Waals surface area contributed by atoms with Gasteiger partial charge in [0.2, 0.25) is 5.95 Å². The molecular formula is C15H16N4O2. The molecule has 1 aliphatic heterocycles. The van der Waals surface area contributed by atoms with Crippen molar-refractivity contribution >= 4 is 5.95 Å². The molecule has 0 spiro atoms. The molecule has 3 heterocycles. The lowest BCUT2D eigenvalue weighted by molar-refractivity contribution is 0.553. The van der Waals surface area contributed by atoms with Crippen molar-refractivity contribution in [2.75, 3.05) is 18.0 Å². The summed E-state index contributed by atoms with van der Waals surface area (Å²) >= 11 is 0. The Morgan fingerprint density at radius 3 is 2.71 bits per heavy atom. The van der Waals surface area contributed by atoms with Crippen LogP contribution in [-0.4, -0.2) is 22.6 Å². The maximum absolute atomic E-state index is 12.4. The topological polar surface area (TPSA) is 75.1 Å². The Kier molecular flexibility index (Phi) is 3.48. The first-order chi connectivity index (χ1) is 10.2. The minimum Gasteiger partial charge on any atom is -0.463 e. The second-order valence-corrected chi connectivity index (χ2v) is 5.14. The largest absolute Gasteiger partial charge is 0.463 e. The molecule has 1 fully saturated rings. The summed E-state index contributed by atoms with van der Waals surface area (Å²) in [4.78, 5) is 19.0. The fourth-order valence-corrected chi connectivity index (χ4v) is 2.66. The normalized spacial score (nSPS) is 15.0. The molecule has 0 atom stereocenters. The van der Waals surface area contributed by atoms with Crippen LogP contribution in [-0.2, 0) is 7.05 Å². The van der Waals surface area contributed by atoms with Gasteiger partial charge in [-0.25, -0.2) is 4.98 Å². The van der Waals surface area contributed by atoms with Gasteiger partial charge in [-0.1, -0.05) is 0 Å². The summed E-state index contributed by atoms with van der Waals surface area (Å²) in [5.74, 6) is 1.05. The lowest BCUT2D eigenvalue weighted by Gasteiger charge is -2.29. The molecule has 1 aliphatic rings. The second kappa shape index (κ2) is 5.44. The first-order valence-electron chi connectivity index (χ1n) is 7.02. The van der Waals surface area contributed by atoms with Gasteiger partial charge in [0.1, 0.15) is 17.3 Å². The lowest BCUT2D eigenvalue weighted by atomic mass is 10.1. The summed E-state index contributed by atoms with van der Waals surface area (Å²) in [5, 5.41) is 9.27. The van der Waals surface area contributed by atoms with Crippen LogP contribution >= 0.6 is 0 Å². The van der Waals surface area contributed by atoms with E-state index in [0.29, 0.717) is 17.4 Å². The molecule has 0 amide bonds. The van der Waals surface area contributed by atoms with Crippen molar-refractivity contribution in [3.05, 3.63) is 34.3 Å². The molecule has 6 nitrogen and oxygen atoms in total. The quantitative estimate of drug-likeness (QED) is 0.842. The monoisotopic (exact) mass is 284 g/mol. The highest BCUT2D eigenvalue weighted by atomic mass is 16.3. The minimum atomic E-state index is -0.334. The van der Waals surface area contributed by atoms with Gasteiger partial charge in [0.25, 0.3) is 5.56 Å². The molecule has 21 heavy (non-hydrogen) atoms. The van der Waals surface area contributed by atoms with Crippen molar-refractivity contribution in [3.63, 3.8) is 0 Å². The van der Waals surface area contributed by atoms with Gasteiger partial charge in [-0.3, -0.25) is 9.36 Å². The van der Waals surface area contributed by atoms with Crippen LogP contribution in [0.5, 0.6) is 0 Å². The average Bonchev–Trinajstić information content (AvgIpc) is 3.05. The van der Waals surface area contributed by atoms with E-state index in [1.807, 2.05) is 6.07 Å². The molecule has 0 aliphatic carbocycles. The van der Waals surface area contributed by atoms with E-state index in [2.05, 4.69) is 9.88 Å². The lowest BCUT2D eigenvalue weighted by Crippen LogP contribution is -2.36. The van der Waals surface area contributed by atoms with Crippen LogP contribution in [0, 0.1) is 11.3 Å². The van der Waals surface area contributed by atoms with Crippen LogP contribution in [0.25, 0.3) is 11.5 Å². The van der Waals surface area contributed by atoms with Crippen molar-refractivity contribution in [1.82, 2.24) is 9.55 Å². The molecule has 0 saturated carbocycles. The fraction of sp³-hybridized carbons (Fsp3) is 0.400. The summed E-state index contributed by atoms with van der Waals surface area (Å²) < 4.78 is 6.77. The van der Waals surface area contributed by atoms with E-state index in [1.165, 1.54) is 17.3 Å². The zero-order valence-electron chi connectivity index (χ0n) is 11.9. The van der Waals surface area contributed by atoms with E-state index in [4.69, 9.17) is 4.42 Å². The number of piperidine rings is 1. The molecule has 1 saturated heterocycles. The van der Waals surface area contributed by atoms with Crippen molar-refractivity contribution in [2.24, 2.45) is 7.05 Å². The predicted molar refractivity (Wildman–Crippen MR) is 78.0 cm³/mol. The molecule has 2 aromatic heterocycles. The number of hydrogen-bond donors (Lipinski definition) is 0. The summed E-state index contributed by atoms with van der Waals surface area (Å²) in [6, 6.07) is 5.38. The van der Waals surface area contributed by atoms with Crippen LogP contribution < -0.4 is 10.5 Å². The summed E-state index contributed by atoms with van der Waals surface area (Å²) in [6.07, 6.45) is 4.89. The van der Waals surface area contributed by atoms with Gasteiger partial charge >= 0.3 is 0 Å². The van der Waals surface area contributed by atoms with Crippen LogP contribution in [0.1, 0.15) is 24.8 Å². The van der Waals surface area contributed by atoms with E-state index >= 15 is 0 Å². The third kappa shape index (κ3) is 2.31. The van der Waals surface area contributed by atoms with Crippen molar-refractivity contribution in [3.8, 4) is 17.5 Å². The zero-order chi connectivity index (χ0) is 14.8. The van der Waals surface area contributed by atoms with Gasteiger partial charge in [0.15, 0.2) is 5.76 Å². The molecule has 2 aromatic rings. The van der Waals surface area contributed by atoms with Gasteiger partial charge in [-0.05, 0) is 31.4 Å². The summed E-state index contributed by atoms with van der Waals surface area (Å²) in [7, 11) is 1.66. The van der Waals surface area contributed by atoms with Crippen LogP contribution in [0.2, 0.25) is 0 Å². The zero-order valence-corrected chi connectivity index (χ0v) is 11.9. The van der Waals surface area contributed by atoms with Gasteiger partial charge in [0.05, 0.1) is 6.26 Å². The Morgan fingerprint density at radius 2 is 2.10 bits per heavy atom. The molecule has 3 rings (SSSR count). The Balaban J connectivity index is 2.18. The highest BCUT2D eigenvalue weighted by Crippen LogP contribution is 2.24. The summed E-state index contributed by atoms with van der Waals surface area (Å²) in [6.45, 7) is 1.76. The highest BCUT2D eigenvalue weighted by Gasteiger charge is 2.22. The molecule has 108 valence electrons. The third-order valence-corrected chi connectivity index (χ3v) is 3.77. The van der Waals surface area contributed by atoms with Crippen molar-refractivity contribution < 1.29 is 4.42 Å². The smallest absolute Gasteiger partial charge is 0.273 e. The number of hydrogen-bond acceptors (Lipinski definition) is 5. The van der Waals surface area contributed by atoms with E-state index in [-0.39, 0.29) is 11.1 Å². The maximum atomic E-state index is 12.4. The van der Waals surface area contributed by atoms with E-state index in [1.54, 1.807) is 19.2 Å². The Morgan fingerprint density at radius 1 is 1.33 bits per heavy atom. The van der Waals surface area contributed by atoms with Gasteiger partial charge in [-0.2, -0.15) is 5.26 Å². The number of nitrogens with zero attached hydrogens (tertiary/aromatic N) is 4. The Labute approximate surface area is 122 Å². The molecule has 0 bridgehead atoms. The van der Waals surface area contributed by atoms with Gasteiger partial charge in [0, 0.05) is 20.1 Å². The first-order valence-corrected chi connectivity index (χ1v) is 7.02. The maximum Gasteiger partial charge on any atom is 0.273 e. The average molecular weight is 284 g/mol. The van der Waals surface area contributed by atoms with E-state index < -0.39 is 0 Å².